The normalized spacial score (nSPS) is 19.6. The molecule has 1 aliphatic heterocycles. The van der Waals surface area contributed by atoms with E-state index < -0.39 is 11.7 Å². The highest BCUT2D eigenvalue weighted by Gasteiger charge is 2.31. The van der Waals surface area contributed by atoms with Crippen molar-refractivity contribution < 1.29 is 17.9 Å². The van der Waals surface area contributed by atoms with Gasteiger partial charge in [-0.3, -0.25) is 9.36 Å². The Hall–Kier alpha value is -1.89. The first-order valence-electron chi connectivity index (χ1n) is 6.12. The summed E-state index contributed by atoms with van der Waals surface area (Å²) in [5, 5.41) is 0.187. The lowest BCUT2D eigenvalue weighted by Crippen LogP contribution is -2.25. The Morgan fingerprint density at radius 3 is 2.80 bits per heavy atom. The molecule has 1 unspecified atom stereocenters. The van der Waals surface area contributed by atoms with Gasteiger partial charge in [-0.15, -0.1) is 0 Å². The van der Waals surface area contributed by atoms with Crippen LogP contribution in [0, 0.1) is 0 Å². The molecule has 7 heteroatoms. The zero-order valence-corrected chi connectivity index (χ0v) is 10.4. The van der Waals surface area contributed by atoms with Gasteiger partial charge in [-0.25, -0.2) is 4.98 Å². The number of fused-ring (bicyclic) bond motifs is 1. The van der Waals surface area contributed by atoms with E-state index >= 15 is 0 Å². The number of rotatable bonds is 1. The van der Waals surface area contributed by atoms with Gasteiger partial charge in [-0.05, 0) is 24.6 Å². The number of halogens is 3. The van der Waals surface area contributed by atoms with Crippen molar-refractivity contribution in [2.75, 3.05) is 13.2 Å². The molecule has 0 saturated carbocycles. The van der Waals surface area contributed by atoms with Crippen LogP contribution in [0.4, 0.5) is 13.2 Å². The van der Waals surface area contributed by atoms with E-state index in [1.165, 1.54) is 17.0 Å². The van der Waals surface area contributed by atoms with Crippen LogP contribution in [0.15, 0.2) is 29.3 Å². The van der Waals surface area contributed by atoms with Crippen molar-refractivity contribution in [3.8, 4) is 0 Å². The van der Waals surface area contributed by atoms with Crippen LogP contribution in [0.5, 0.6) is 0 Å². The van der Waals surface area contributed by atoms with Crippen LogP contribution >= 0.6 is 0 Å². The maximum Gasteiger partial charge on any atom is 0.416 e. The molecule has 1 saturated heterocycles. The van der Waals surface area contributed by atoms with Gasteiger partial charge >= 0.3 is 6.18 Å². The fourth-order valence-corrected chi connectivity index (χ4v) is 2.31. The van der Waals surface area contributed by atoms with Crippen molar-refractivity contribution in [2.24, 2.45) is 0 Å². The molecule has 3 rings (SSSR count). The van der Waals surface area contributed by atoms with E-state index in [0.29, 0.717) is 19.6 Å². The minimum absolute atomic E-state index is 0.0555. The Bertz CT molecular complexity index is 703. The SMILES string of the molecule is O=c1c2ccc(C(F)(F)F)cc2ncn1C1CCOC1. The van der Waals surface area contributed by atoms with Crippen molar-refractivity contribution in [1.29, 1.82) is 0 Å². The lowest BCUT2D eigenvalue weighted by atomic mass is 10.1. The topological polar surface area (TPSA) is 44.1 Å². The molecule has 0 radical (unpaired) electrons. The third-order valence-corrected chi connectivity index (χ3v) is 3.41. The summed E-state index contributed by atoms with van der Waals surface area (Å²) in [6.45, 7) is 0.996. The van der Waals surface area contributed by atoms with E-state index in [1.54, 1.807) is 0 Å². The monoisotopic (exact) mass is 284 g/mol. The fourth-order valence-electron chi connectivity index (χ4n) is 2.31. The molecule has 2 heterocycles. The van der Waals surface area contributed by atoms with Gasteiger partial charge in [0.1, 0.15) is 0 Å². The first-order valence-corrected chi connectivity index (χ1v) is 6.12. The van der Waals surface area contributed by atoms with Gasteiger partial charge < -0.3 is 4.74 Å². The molecular formula is C13H11F3N2O2. The van der Waals surface area contributed by atoms with E-state index in [-0.39, 0.29) is 22.5 Å². The third-order valence-electron chi connectivity index (χ3n) is 3.41. The van der Waals surface area contributed by atoms with Gasteiger partial charge in [0, 0.05) is 6.61 Å². The number of hydrogen-bond acceptors (Lipinski definition) is 3. The average molecular weight is 284 g/mol. The number of aromatic nitrogens is 2. The van der Waals surface area contributed by atoms with Gasteiger partial charge in [-0.1, -0.05) is 0 Å². The van der Waals surface area contributed by atoms with Crippen LogP contribution in [0.25, 0.3) is 10.9 Å². The zero-order valence-electron chi connectivity index (χ0n) is 10.4. The summed E-state index contributed by atoms with van der Waals surface area (Å²) >= 11 is 0. The molecule has 1 aliphatic rings. The van der Waals surface area contributed by atoms with E-state index in [0.717, 1.165) is 12.1 Å². The summed E-state index contributed by atoms with van der Waals surface area (Å²) in [7, 11) is 0. The molecule has 0 aliphatic carbocycles. The standard InChI is InChI=1S/C13H11F3N2O2/c14-13(15,16)8-1-2-10-11(5-8)17-7-18(12(10)19)9-3-4-20-6-9/h1-2,5,7,9H,3-4,6H2. The zero-order chi connectivity index (χ0) is 14.3. The highest BCUT2D eigenvalue weighted by atomic mass is 19.4. The summed E-state index contributed by atoms with van der Waals surface area (Å²) < 4.78 is 44.5. The van der Waals surface area contributed by atoms with Crippen LogP contribution in [0.1, 0.15) is 18.0 Å². The van der Waals surface area contributed by atoms with Crippen LogP contribution in [0.3, 0.4) is 0 Å². The van der Waals surface area contributed by atoms with Gasteiger partial charge in [0.05, 0.1) is 35.4 Å². The molecule has 20 heavy (non-hydrogen) atoms. The van der Waals surface area contributed by atoms with Crippen LogP contribution < -0.4 is 5.56 Å². The number of hydrogen-bond donors (Lipinski definition) is 0. The Morgan fingerprint density at radius 2 is 2.15 bits per heavy atom. The van der Waals surface area contributed by atoms with Gasteiger partial charge in [-0.2, -0.15) is 13.2 Å². The maximum absolute atomic E-state index is 12.6. The predicted octanol–water partition coefficient (Wildman–Crippen LogP) is 2.38. The molecule has 0 N–H and O–H groups in total. The minimum atomic E-state index is -4.44. The minimum Gasteiger partial charge on any atom is -0.379 e. The van der Waals surface area contributed by atoms with Crippen molar-refractivity contribution in [2.45, 2.75) is 18.6 Å². The Morgan fingerprint density at radius 1 is 1.35 bits per heavy atom. The molecule has 106 valence electrons. The molecule has 1 aromatic carbocycles. The Balaban J connectivity index is 2.12. The lowest BCUT2D eigenvalue weighted by Gasteiger charge is -2.13. The molecule has 2 aromatic rings. The molecule has 0 amide bonds. The second-order valence-corrected chi connectivity index (χ2v) is 4.70. The van der Waals surface area contributed by atoms with E-state index in [4.69, 9.17) is 4.74 Å². The Labute approximate surface area is 111 Å². The van der Waals surface area contributed by atoms with Crippen molar-refractivity contribution in [3.05, 3.63) is 40.4 Å². The molecule has 1 fully saturated rings. The first-order chi connectivity index (χ1) is 9.47. The number of alkyl halides is 3. The maximum atomic E-state index is 12.6. The summed E-state index contributed by atoms with van der Waals surface area (Å²) in [6.07, 6.45) is -2.44. The quantitative estimate of drug-likeness (QED) is 0.807. The summed E-state index contributed by atoms with van der Waals surface area (Å²) in [5.41, 5.74) is -1.09. The van der Waals surface area contributed by atoms with Crippen LogP contribution in [-0.4, -0.2) is 22.8 Å². The van der Waals surface area contributed by atoms with E-state index in [2.05, 4.69) is 4.98 Å². The highest BCUT2D eigenvalue weighted by Crippen LogP contribution is 2.30. The largest absolute Gasteiger partial charge is 0.416 e. The second-order valence-electron chi connectivity index (χ2n) is 4.70. The first kappa shape index (κ1) is 13.1. The number of nitrogens with zero attached hydrogens (tertiary/aromatic N) is 2. The Kier molecular flexibility index (Phi) is 3.01. The highest BCUT2D eigenvalue weighted by molar-refractivity contribution is 5.78. The molecule has 4 nitrogen and oxygen atoms in total. The molecule has 1 aromatic heterocycles. The van der Waals surface area contributed by atoms with E-state index in [9.17, 15) is 18.0 Å². The third kappa shape index (κ3) is 2.18. The number of benzene rings is 1. The van der Waals surface area contributed by atoms with Crippen molar-refractivity contribution in [1.82, 2.24) is 9.55 Å². The second kappa shape index (κ2) is 4.59. The predicted molar refractivity (Wildman–Crippen MR) is 65.5 cm³/mol. The van der Waals surface area contributed by atoms with Crippen molar-refractivity contribution in [3.63, 3.8) is 0 Å². The summed E-state index contributed by atoms with van der Waals surface area (Å²) in [4.78, 5) is 16.2. The van der Waals surface area contributed by atoms with E-state index in [1.807, 2.05) is 0 Å². The summed E-state index contributed by atoms with van der Waals surface area (Å²) in [6, 6.07) is 2.88. The molecule has 0 bridgehead atoms. The fraction of sp³-hybridized carbons (Fsp3) is 0.385. The smallest absolute Gasteiger partial charge is 0.379 e. The summed E-state index contributed by atoms with van der Waals surface area (Å²) in [5.74, 6) is 0. The van der Waals surface area contributed by atoms with Gasteiger partial charge in [0.2, 0.25) is 0 Å². The van der Waals surface area contributed by atoms with Crippen molar-refractivity contribution >= 4 is 10.9 Å². The van der Waals surface area contributed by atoms with Gasteiger partial charge in [0.15, 0.2) is 0 Å². The van der Waals surface area contributed by atoms with Gasteiger partial charge in [0.25, 0.3) is 5.56 Å². The average Bonchev–Trinajstić information content (AvgIpc) is 2.91. The molecule has 1 atom stereocenters. The van der Waals surface area contributed by atoms with Crippen LogP contribution in [-0.2, 0) is 10.9 Å². The lowest BCUT2D eigenvalue weighted by molar-refractivity contribution is -0.137. The van der Waals surface area contributed by atoms with Crippen LogP contribution in [0.2, 0.25) is 0 Å². The number of ether oxygens (including phenoxy) is 1. The molecular weight excluding hydrogens is 273 g/mol. The molecule has 0 spiro atoms.